The predicted molar refractivity (Wildman–Crippen MR) is 177 cm³/mol. The molecule has 10 nitrogen and oxygen atoms in total. The van der Waals surface area contributed by atoms with Crippen LogP contribution in [0.25, 0.3) is 0 Å². The number of hydrogen-bond donors (Lipinski definition) is 3. The second kappa shape index (κ2) is 16.5. The number of aromatic nitrogens is 2. The summed E-state index contributed by atoms with van der Waals surface area (Å²) in [5.41, 5.74) is 2.92. The number of halogens is 2. The third-order valence-electron chi connectivity index (χ3n) is 9.07. The van der Waals surface area contributed by atoms with Gasteiger partial charge in [-0.25, -0.2) is 8.78 Å². The molecule has 3 atom stereocenters. The summed E-state index contributed by atoms with van der Waals surface area (Å²) in [6.07, 6.45) is 4.19. The number of rotatable bonds is 17. The second-order valence-corrected chi connectivity index (χ2v) is 12.6. The fourth-order valence-electron chi connectivity index (χ4n) is 6.44. The highest BCUT2D eigenvalue weighted by atomic mass is 19.1. The number of methoxy groups -OCH3 is 1. The summed E-state index contributed by atoms with van der Waals surface area (Å²) in [6.45, 7) is 5.97. The summed E-state index contributed by atoms with van der Waals surface area (Å²) < 4.78 is 40.7. The minimum Gasteiger partial charge on any atom is -0.497 e. The molecule has 2 aromatic carbocycles. The monoisotopic (exact) mass is 667 g/mol. The van der Waals surface area contributed by atoms with Crippen LogP contribution in [0, 0.1) is 11.6 Å². The highest BCUT2D eigenvalue weighted by Crippen LogP contribution is 2.33. The Balaban J connectivity index is 1.33. The van der Waals surface area contributed by atoms with Crippen molar-refractivity contribution in [2.24, 2.45) is 0 Å². The molecular weight excluding hydrogens is 620 g/mol. The summed E-state index contributed by atoms with van der Waals surface area (Å²) in [5, 5.41) is 22.2. The van der Waals surface area contributed by atoms with Crippen molar-refractivity contribution in [3.8, 4) is 5.75 Å². The average molecular weight is 668 g/mol. The molecule has 0 radical (unpaired) electrons. The number of aryl methyl sites for hydroxylation is 2. The van der Waals surface area contributed by atoms with Crippen LogP contribution in [0.4, 0.5) is 8.78 Å². The Morgan fingerprint density at radius 1 is 1.10 bits per heavy atom. The van der Waals surface area contributed by atoms with E-state index in [4.69, 9.17) is 9.47 Å². The number of nitrogens with one attached hydrogen (secondary N) is 2. The van der Waals surface area contributed by atoms with Gasteiger partial charge >= 0.3 is 0 Å². The molecule has 1 heterocycles. The molecule has 2 amide bonds. The van der Waals surface area contributed by atoms with Gasteiger partial charge in [0.25, 0.3) is 11.8 Å². The number of aliphatic hydroxyl groups excluding tert-OH is 1. The average Bonchev–Trinajstić information content (AvgIpc) is 3.82. The first-order valence-electron chi connectivity index (χ1n) is 17.0. The van der Waals surface area contributed by atoms with E-state index >= 15 is 0 Å². The fraction of sp³-hybridized carbons (Fsp3) is 0.528. The number of nitrogens with zero attached hydrogens (tertiary/aromatic N) is 3. The van der Waals surface area contributed by atoms with Crippen LogP contribution in [0.2, 0.25) is 0 Å². The van der Waals surface area contributed by atoms with Crippen molar-refractivity contribution < 1.29 is 33.0 Å². The first-order valence-corrected chi connectivity index (χ1v) is 17.0. The molecule has 3 N–H and O–H groups in total. The molecule has 2 aliphatic carbocycles. The van der Waals surface area contributed by atoms with E-state index < -0.39 is 29.7 Å². The number of amides is 2. The molecule has 260 valence electrons. The predicted octanol–water partition coefficient (Wildman–Crippen LogP) is 4.59. The molecule has 1 fully saturated rings. The molecule has 0 aliphatic heterocycles. The summed E-state index contributed by atoms with van der Waals surface area (Å²) >= 11 is 0. The lowest BCUT2D eigenvalue weighted by Crippen LogP contribution is -2.49. The van der Waals surface area contributed by atoms with Crippen molar-refractivity contribution in [3.63, 3.8) is 0 Å². The maximum Gasteiger partial charge on any atom is 0.272 e. The smallest absolute Gasteiger partial charge is 0.272 e. The van der Waals surface area contributed by atoms with E-state index in [1.165, 1.54) is 28.4 Å². The van der Waals surface area contributed by atoms with Crippen LogP contribution in [0.1, 0.15) is 89.7 Å². The van der Waals surface area contributed by atoms with E-state index in [0.29, 0.717) is 38.4 Å². The Labute approximate surface area is 280 Å². The summed E-state index contributed by atoms with van der Waals surface area (Å²) in [6, 6.07) is 9.82. The van der Waals surface area contributed by atoms with Crippen LogP contribution in [-0.2, 0) is 24.1 Å². The highest BCUT2D eigenvalue weighted by molar-refractivity contribution is 5.98. The number of fused-ring (bicyclic) bond motifs is 1. The zero-order valence-corrected chi connectivity index (χ0v) is 28.0. The van der Waals surface area contributed by atoms with Gasteiger partial charge in [-0.2, -0.15) is 5.10 Å². The Morgan fingerprint density at radius 3 is 2.56 bits per heavy atom. The molecule has 0 saturated heterocycles. The maximum absolute atomic E-state index is 14.1. The lowest BCUT2D eigenvalue weighted by atomic mass is 9.87. The van der Waals surface area contributed by atoms with Gasteiger partial charge in [0.15, 0.2) is 5.69 Å². The van der Waals surface area contributed by atoms with Gasteiger partial charge in [0.1, 0.15) is 23.1 Å². The van der Waals surface area contributed by atoms with E-state index in [0.717, 1.165) is 49.5 Å². The van der Waals surface area contributed by atoms with Gasteiger partial charge < -0.3 is 30.1 Å². The van der Waals surface area contributed by atoms with Crippen LogP contribution in [0.3, 0.4) is 0 Å². The van der Waals surface area contributed by atoms with Crippen molar-refractivity contribution in [1.82, 2.24) is 25.3 Å². The van der Waals surface area contributed by atoms with Crippen molar-refractivity contribution in [2.45, 2.75) is 89.6 Å². The topological polar surface area (TPSA) is 118 Å². The molecule has 2 aliphatic rings. The first kappa shape index (κ1) is 35.4. The Morgan fingerprint density at radius 2 is 1.88 bits per heavy atom. The van der Waals surface area contributed by atoms with Gasteiger partial charge in [-0.15, -0.1) is 0 Å². The van der Waals surface area contributed by atoms with E-state index in [2.05, 4.69) is 21.8 Å². The number of carbonyl (C=O) groups is 2. The number of hydrogen-bond acceptors (Lipinski definition) is 7. The molecule has 3 aromatic rings. The molecule has 5 rings (SSSR count). The SMILES string of the molecule is CCOCCCN(C(=O)c1cc(C(=O)N[C@@H](Cc2cc(F)cc(F)c2)[C@H](O)CN[C@H]2CCCc3ccc(OC)cc32)nn1CC)C1CC1. The van der Waals surface area contributed by atoms with Crippen LogP contribution in [-0.4, -0.2) is 83.2 Å². The molecule has 1 saturated carbocycles. The molecular formula is C36H47F2N5O5. The van der Waals surface area contributed by atoms with E-state index in [9.17, 15) is 23.5 Å². The number of ether oxygens (including phenoxy) is 2. The zero-order valence-electron chi connectivity index (χ0n) is 28.0. The normalized spacial score (nSPS) is 17.0. The molecule has 0 spiro atoms. The van der Waals surface area contributed by atoms with Crippen molar-refractivity contribution in [3.05, 3.63) is 82.2 Å². The van der Waals surface area contributed by atoms with Gasteiger partial charge in [-0.3, -0.25) is 14.3 Å². The van der Waals surface area contributed by atoms with Crippen LogP contribution in [0.15, 0.2) is 42.5 Å². The Kier molecular flexibility index (Phi) is 12.2. The molecule has 0 bridgehead atoms. The number of carbonyl (C=O) groups excluding carboxylic acids is 2. The van der Waals surface area contributed by atoms with Gasteiger partial charge in [0.05, 0.1) is 19.3 Å². The quantitative estimate of drug-likeness (QED) is 0.180. The third-order valence-corrected chi connectivity index (χ3v) is 9.07. The van der Waals surface area contributed by atoms with Crippen molar-refractivity contribution >= 4 is 11.8 Å². The summed E-state index contributed by atoms with van der Waals surface area (Å²) in [5.74, 6) is -1.54. The molecule has 1 aromatic heterocycles. The van der Waals surface area contributed by atoms with Crippen molar-refractivity contribution in [1.29, 1.82) is 0 Å². The first-order chi connectivity index (χ1) is 23.2. The fourth-order valence-corrected chi connectivity index (χ4v) is 6.44. The van der Waals surface area contributed by atoms with Gasteiger partial charge in [0.2, 0.25) is 0 Å². The molecule has 48 heavy (non-hydrogen) atoms. The summed E-state index contributed by atoms with van der Waals surface area (Å²) in [7, 11) is 1.62. The zero-order chi connectivity index (χ0) is 34.2. The van der Waals surface area contributed by atoms with Crippen LogP contribution < -0.4 is 15.4 Å². The number of aliphatic hydroxyl groups is 1. The molecule has 12 heteroatoms. The van der Waals surface area contributed by atoms with Gasteiger partial charge in [-0.1, -0.05) is 6.07 Å². The largest absolute Gasteiger partial charge is 0.497 e. The highest BCUT2D eigenvalue weighted by Gasteiger charge is 2.35. The van der Waals surface area contributed by atoms with E-state index in [-0.39, 0.29) is 42.2 Å². The minimum atomic E-state index is -1.12. The minimum absolute atomic E-state index is 0.0224. The standard InChI is InChI=1S/C36H47F2N5O5/c1-4-43-33(36(46)42(27-11-12-27)14-7-15-48-5-2)21-32(41-43)35(45)40-31(18-23-16-25(37)19-26(38)17-23)34(44)22-39-30-9-6-8-24-10-13-28(47-3)20-29(24)30/h10,13,16-17,19-21,27,30-31,34,39,44H,4-9,11-12,14-15,18,22H2,1-3H3,(H,40,45)/t30-,31-,34+/m0/s1. The van der Waals surface area contributed by atoms with Crippen LogP contribution >= 0.6 is 0 Å². The number of benzene rings is 2. The lowest BCUT2D eigenvalue weighted by Gasteiger charge is -2.30. The van der Waals surface area contributed by atoms with E-state index in [1.807, 2.05) is 30.9 Å². The van der Waals surface area contributed by atoms with Gasteiger partial charge in [0, 0.05) is 57.1 Å². The Bertz CT molecular complexity index is 1540. The van der Waals surface area contributed by atoms with Crippen LogP contribution in [0.5, 0.6) is 5.75 Å². The van der Waals surface area contributed by atoms with Crippen molar-refractivity contribution in [2.75, 3.05) is 33.4 Å². The molecule has 0 unspecified atom stereocenters. The maximum atomic E-state index is 14.1. The Hall–Kier alpha value is -3.87. The third kappa shape index (κ3) is 8.97. The summed E-state index contributed by atoms with van der Waals surface area (Å²) in [4.78, 5) is 29.2. The van der Waals surface area contributed by atoms with E-state index in [1.54, 1.807) is 7.11 Å². The van der Waals surface area contributed by atoms with Gasteiger partial charge in [-0.05, 0) is 99.7 Å². The lowest BCUT2D eigenvalue weighted by molar-refractivity contribution is 0.0699. The second-order valence-electron chi connectivity index (χ2n) is 12.6.